The first kappa shape index (κ1) is 20.5. The molecule has 1 atom stereocenters. The Morgan fingerprint density at radius 2 is 1.93 bits per heavy atom. The van der Waals surface area contributed by atoms with Gasteiger partial charge in [-0.05, 0) is 49.7 Å². The lowest BCUT2D eigenvalue weighted by Crippen LogP contribution is -2.35. The molecule has 1 saturated heterocycles. The maximum atomic E-state index is 13.3. The van der Waals surface area contributed by atoms with Crippen molar-refractivity contribution in [1.29, 1.82) is 0 Å². The molecule has 6 nitrogen and oxygen atoms in total. The summed E-state index contributed by atoms with van der Waals surface area (Å²) in [5, 5.41) is 5.58. The van der Waals surface area contributed by atoms with Crippen molar-refractivity contribution >= 4 is 23.4 Å². The topological polar surface area (TPSA) is 78.5 Å². The highest BCUT2D eigenvalue weighted by Gasteiger charge is 2.35. The van der Waals surface area contributed by atoms with E-state index in [9.17, 15) is 18.8 Å². The molecule has 0 aromatic heterocycles. The molecule has 1 aliphatic rings. The van der Waals surface area contributed by atoms with Crippen molar-refractivity contribution in [2.75, 3.05) is 11.9 Å². The van der Waals surface area contributed by atoms with E-state index in [2.05, 4.69) is 10.6 Å². The van der Waals surface area contributed by atoms with Crippen LogP contribution in [0.15, 0.2) is 48.5 Å². The number of anilines is 1. The minimum atomic E-state index is -0.476. The minimum Gasteiger partial charge on any atom is -0.352 e. The van der Waals surface area contributed by atoms with Gasteiger partial charge in [-0.15, -0.1) is 0 Å². The Bertz CT molecular complexity index is 929. The number of nitrogens with zero attached hydrogens (tertiary/aromatic N) is 1. The number of benzene rings is 2. The number of nitrogens with one attached hydrogen (secondary N) is 2. The third kappa shape index (κ3) is 5.19. The molecule has 0 saturated carbocycles. The van der Waals surface area contributed by atoms with Gasteiger partial charge < -0.3 is 15.5 Å². The van der Waals surface area contributed by atoms with E-state index in [1.807, 2.05) is 19.9 Å². The summed E-state index contributed by atoms with van der Waals surface area (Å²) in [7, 11) is 0. The second-order valence-electron chi connectivity index (χ2n) is 7.42. The van der Waals surface area contributed by atoms with E-state index in [4.69, 9.17) is 0 Å². The first-order valence-corrected chi connectivity index (χ1v) is 9.56. The smallest absolute Gasteiger partial charge is 0.255 e. The standard InChI is InChI=1S/C22H24FN3O3/c1-14(2)26-13-17(11-20(26)27)21(28)24-12-15-5-3-8-19(9-15)25-22(29)16-6-4-7-18(23)10-16/h3-10,14,17H,11-13H2,1-2H3,(H,24,28)(H,25,29). The summed E-state index contributed by atoms with van der Waals surface area (Å²) in [6.07, 6.45) is 0.230. The second kappa shape index (κ2) is 8.86. The fourth-order valence-corrected chi connectivity index (χ4v) is 3.33. The fraction of sp³-hybridized carbons (Fsp3) is 0.318. The first-order chi connectivity index (χ1) is 13.8. The van der Waals surface area contributed by atoms with Gasteiger partial charge in [0.1, 0.15) is 5.82 Å². The van der Waals surface area contributed by atoms with Gasteiger partial charge in [0.25, 0.3) is 5.91 Å². The van der Waals surface area contributed by atoms with Crippen LogP contribution >= 0.6 is 0 Å². The van der Waals surface area contributed by atoms with Crippen molar-refractivity contribution in [1.82, 2.24) is 10.2 Å². The van der Waals surface area contributed by atoms with Crippen LogP contribution < -0.4 is 10.6 Å². The Labute approximate surface area is 169 Å². The third-order valence-corrected chi connectivity index (χ3v) is 4.89. The SMILES string of the molecule is CC(C)N1CC(C(=O)NCc2cccc(NC(=O)c3cccc(F)c3)c2)CC1=O. The van der Waals surface area contributed by atoms with E-state index in [0.29, 0.717) is 12.2 Å². The molecule has 3 amide bonds. The summed E-state index contributed by atoms with van der Waals surface area (Å²) < 4.78 is 13.3. The fourth-order valence-electron chi connectivity index (χ4n) is 3.33. The molecule has 2 N–H and O–H groups in total. The van der Waals surface area contributed by atoms with Crippen LogP contribution in [-0.2, 0) is 16.1 Å². The largest absolute Gasteiger partial charge is 0.352 e. The van der Waals surface area contributed by atoms with E-state index >= 15 is 0 Å². The number of hydrogen-bond donors (Lipinski definition) is 2. The summed E-state index contributed by atoms with van der Waals surface area (Å²) in [5.74, 6) is -1.39. The molecule has 1 fully saturated rings. The number of amides is 3. The summed E-state index contributed by atoms with van der Waals surface area (Å²) in [4.78, 5) is 38.4. The van der Waals surface area contributed by atoms with Crippen LogP contribution in [0.3, 0.4) is 0 Å². The number of rotatable bonds is 6. The molecule has 7 heteroatoms. The molecule has 1 aliphatic heterocycles. The predicted octanol–water partition coefficient (Wildman–Crippen LogP) is 2.95. The van der Waals surface area contributed by atoms with Crippen molar-refractivity contribution < 1.29 is 18.8 Å². The summed E-state index contributed by atoms with van der Waals surface area (Å²) >= 11 is 0. The van der Waals surface area contributed by atoms with Gasteiger partial charge in [0.05, 0.1) is 5.92 Å². The molecule has 2 aromatic rings. The van der Waals surface area contributed by atoms with Crippen LogP contribution in [0.1, 0.15) is 36.2 Å². The maximum Gasteiger partial charge on any atom is 0.255 e. The van der Waals surface area contributed by atoms with E-state index in [1.165, 1.54) is 24.3 Å². The molecule has 0 spiro atoms. The Morgan fingerprint density at radius 3 is 2.62 bits per heavy atom. The van der Waals surface area contributed by atoms with Crippen LogP contribution in [0, 0.1) is 11.7 Å². The van der Waals surface area contributed by atoms with Gasteiger partial charge in [0, 0.05) is 36.8 Å². The lowest BCUT2D eigenvalue weighted by molar-refractivity contribution is -0.130. The number of carbonyl (C=O) groups excluding carboxylic acids is 3. The zero-order valence-corrected chi connectivity index (χ0v) is 16.4. The molecule has 0 bridgehead atoms. The van der Waals surface area contributed by atoms with Gasteiger partial charge in [-0.2, -0.15) is 0 Å². The van der Waals surface area contributed by atoms with Gasteiger partial charge in [-0.25, -0.2) is 4.39 Å². The highest BCUT2D eigenvalue weighted by Crippen LogP contribution is 2.20. The Hall–Kier alpha value is -3.22. The average Bonchev–Trinajstić information content (AvgIpc) is 3.08. The van der Waals surface area contributed by atoms with Gasteiger partial charge in [-0.1, -0.05) is 18.2 Å². The molecule has 152 valence electrons. The quantitative estimate of drug-likeness (QED) is 0.787. The number of carbonyl (C=O) groups is 3. The maximum absolute atomic E-state index is 13.3. The highest BCUT2D eigenvalue weighted by molar-refractivity contribution is 6.04. The van der Waals surface area contributed by atoms with Crippen LogP contribution in [0.5, 0.6) is 0 Å². The molecule has 2 aromatic carbocycles. The molecule has 29 heavy (non-hydrogen) atoms. The number of hydrogen-bond acceptors (Lipinski definition) is 3. The van der Waals surface area contributed by atoms with Gasteiger partial charge in [0.15, 0.2) is 0 Å². The van der Waals surface area contributed by atoms with Crippen molar-refractivity contribution in [3.63, 3.8) is 0 Å². The highest BCUT2D eigenvalue weighted by atomic mass is 19.1. The van der Waals surface area contributed by atoms with Crippen molar-refractivity contribution in [3.05, 3.63) is 65.5 Å². The van der Waals surface area contributed by atoms with Crippen molar-refractivity contribution in [2.45, 2.75) is 32.9 Å². The Morgan fingerprint density at radius 1 is 1.17 bits per heavy atom. The third-order valence-electron chi connectivity index (χ3n) is 4.89. The van der Waals surface area contributed by atoms with Crippen LogP contribution in [-0.4, -0.2) is 35.2 Å². The summed E-state index contributed by atoms with van der Waals surface area (Å²) in [5.41, 5.74) is 1.58. The molecular formula is C22H24FN3O3. The van der Waals surface area contributed by atoms with Gasteiger partial charge >= 0.3 is 0 Å². The minimum absolute atomic E-state index is 0.00204. The van der Waals surface area contributed by atoms with Gasteiger partial charge in [0.2, 0.25) is 11.8 Å². The summed E-state index contributed by atoms with van der Waals surface area (Å²) in [6, 6.07) is 12.6. The molecule has 0 radical (unpaired) electrons. The van der Waals surface area contributed by atoms with E-state index < -0.39 is 11.7 Å². The molecule has 1 unspecified atom stereocenters. The van der Waals surface area contributed by atoms with Crippen LogP contribution in [0.2, 0.25) is 0 Å². The van der Waals surface area contributed by atoms with Crippen LogP contribution in [0.4, 0.5) is 10.1 Å². The number of halogens is 1. The first-order valence-electron chi connectivity index (χ1n) is 9.56. The Balaban J connectivity index is 1.57. The normalized spacial score (nSPS) is 16.2. The molecule has 0 aliphatic carbocycles. The van der Waals surface area contributed by atoms with Gasteiger partial charge in [-0.3, -0.25) is 14.4 Å². The average molecular weight is 397 g/mol. The zero-order chi connectivity index (χ0) is 21.0. The monoisotopic (exact) mass is 397 g/mol. The van der Waals surface area contributed by atoms with Crippen molar-refractivity contribution in [3.8, 4) is 0 Å². The zero-order valence-electron chi connectivity index (χ0n) is 16.4. The van der Waals surface area contributed by atoms with E-state index in [0.717, 1.165) is 5.56 Å². The molecular weight excluding hydrogens is 373 g/mol. The predicted molar refractivity (Wildman–Crippen MR) is 108 cm³/mol. The lowest BCUT2D eigenvalue weighted by Gasteiger charge is -2.20. The second-order valence-corrected chi connectivity index (χ2v) is 7.42. The number of likely N-dealkylation sites (tertiary alicyclic amines) is 1. The summed E-state index contributed by atoms with van der Waals surface area (Å²) in [6.45, 7) is 4.59. The van der Waals surface area contributed by atoms with Crippen LogP contribution in [0.25, 0.3) is 0 Å². The molecule has 1 heterocycles. The van der Waals surface area contributed by atoms with Crippen molar-refractivity contribution in [2.24, 2.45) is 5.92 Å². The van der Waals surface area contributed by atoms with E-state index in [1.54, 1.807) is 23.1 Å². The molecule has 3 rings (SSSR count). The Kier molecular flexibility index (Phi) is 6.26. The lowest BCUT2D eigenvalue weighted by atomic mass is 10.1. The van der Waals surface area contributed by atoms with E-state index in [-0.39, 0.29) is 42.3 Å².